The molecule has 0 aliphatic rings. The molecule has 1 amide bonds. The minimum atomic E-state index is -0.273. The maximum Gasteiger partial charge on any atom is 0.259 e. The Labute approximate surface area is 147 Å². The van der Waals surface area contributed by atoms with Crippen molar-refractivity contribution in [3.63, 3.8) is 0 Å². The first-order valence-corrected chi connectivity index (χ1v) is 7.98. The molecule has 0 aliphatic carbocycles. The Kier molecular flexibility index (Phi) is 4.39. The van der Waals surface area contributed by atoms with E-state index in [1.165, 1.54) is 13.3 Å². The number of carbonyl (C=O) groups is 1. The van der Waals surface area contributed by atoms with Crippen LogP contribution >= 0.6 is 15.9 Å². The first kappa shape index (κ1) is 16.3. The second kappa shape index (κ2) is 6.48. The van der Waals surface area contributed by atoms with Crippen LogP contribution < -0.4 is 10.1 Å². The zero-order chi connectivity index (χ0) is 17.3. The number of carbonyl (C=O) groups excluding carboxylic acids is 1. The van der Waals surface area contributed by atoms with E-state index in [1.807, 2.05) is 31.2 Å². The Morgan fingerprint density at radius 1 is 1.38 bits per heavy atom. The van der Waals surface area contributed by atoms with Gasteiger partial charge in [0.2, 0.25) is 5.88 Å². The third-order valence-electron chi connectivity index (χ3n) is 3.52. The lowest BCUT2D eigenvalue weighted by molar-refractivity contribution is 0.102. The molecule has 1 aromatic carbocycles. The van der Waals surface area contributed by atoms with Crippen molar-refractivity contribution in [3.8, 4) is 11.6 Å². The number of aryl methyl sites for hydroxylation is 2. The van der Waals surface area contributed by atoms with Crippen LogP contribution in [0.1, 0.15) is 16.1 Å². The lowest BCUT2D eigenvalue weighted by Crippen LogP contribution is -2.12. The zero-order valence-electron chi connectivity index (χ0n) is 13.4. The van der Waals surface area contributed by atoms with Gasteiger partial charge in [-0.25, -0.2) is 9.36 Å². The van der Waals surface area contributed by atoms with E-state index in [1.54, 1.807) is 22.6 Å². The van der Waals surface area contributed by atoms with Crippen LogP contribution in [-0.2, 0) is 7.05 Å². The maximum absolute atomic E-state index is 12.5. The molecule has 0 atom stereocenters. The molecule has 8 heteroatoms. The van der Waals surface area contributed by atoms with Crippen molar-refractivity contribution in [2.75, 3.05) is 12.4 Å². The second-order valence-electron chi connectivity index (χ2n) is 5.20. The fourth-order valence-electron chi connectivity index (χ4n) is 2.40. The van der Waals surface area contributed by atoms with Gasteiger partial charge < -0.3 is 10.1 Å². The number of benzene rings is 1. The summed E-state index contributed by atoms with van der Waals surface area (Å²) in [7, 11) is 3.30. The lowest BCUT2D eigenvalue weighted by atomic mass is 10.3. The van der Waals surface area contributed by atoms with Gasteiger partial charge in [-0.15, -0.1) is 0 Å². The number of nitrogens with one attached hydrogen (secondary N) is 1. The van der Waals surface area contributed by atoms with E-state index in [2.05, 4.69) is 31.4 Å². The number of ether oxygens (including phenoxy) is 1. The summed E-state index contributed by atoms with van der Waals surface area (Å²) >= 11 is 3.42. The molecule has 2 aromatic heterocycles. The van der Waals surface area contributed by atoms with Crippen LogP contribution in [0.5, 0.6) is 5.88 Å². The number of rotatable bonds is 4. The summed E-state index contributed by atoms with van der Waals surface area (Å²) in [6.45, 7) is 1.81. The molecule has 2 heterocycles. The Hall–Kier alpha value is -2.61. The normalized spacial score (nSPS) is 10.7. The van der Waals surface area contributed by atoms with Crippen LogP contribution in [0.4, 0.5) is 5.69 Å². The van der Waals surface area contributed by atoms with Crippen molar-refractivity contribution in [2.45, 2.75) is 6.92 Å². The first-order chi connectivity index (χ1) is 11.5. The van der Waals surface area contributed by atoms with Gasteiger partial charge in [0.1, 0.15) is 5.69 Å². The number of nitrogens with zero attached hydrogens (tertiary/aromatic N) is 4. The highest BCUT2D eigenvalue weighted by Gasteiger charge is 2.18. The number of anilines is 1. The van der Waals surface area contributed by atoms with Crippen molar-refractivity contribution in [1.82, 2.24) is 19.6 Å². The van der Waals surface area contributed by atoms with Gasteiger partial charge in [0, 0.05) is 17.7 Å². The van der Waals surface area contributed by atoms with Crippen LogP contribution in [0.2, 0.25) is 0 Å². The highest BCUT2D eigenvalue weighted by Crippen LogP contribution is 2.27. The monoisotopic (exact) mass is 389 g/mol. The highest BCUT2D eigenvalue weighted by molar-refractivity contribution is 9.10. The van der Waals surface area contributed by atoms with Gasteiger partial charge in [0.05, 0.1) is 30.3 Å². The Balaban J connectivity index is 1.85. The average Bonchev–Trinajstić information content (AvgIpc) is 3.13. The molecular weight excluding hydrogens is 374 g/mol. The Morgan fingerprint density at radius 2 is 2.17 bits per heavy atom. The van der Waals surface area contributed by atoms with Crippen LogP contribution in [0.3, 0.4) is 0 Å². The molecule has 0 saturated heterocycles. The molecule has 24 heavy (non-hydrogen) atoms. The largest absolute Gasteiger partial charge is 0.480 e. The van der Waals surface area contributed by atoms with E-state index < -0.39 is 0 Å². The molecule has 0 fully saturated rings. The number of hydrogen-bond acceptors (Lipinski definition) is 4. The van der Waals surface area contributed by atoms with E-state index >= 15 is 0 Å². The molecule has 7 nitrogen and oxygen atoms in total. The molecule has 0 unspecified atom stereocenters. The summed E-state index contributed by atoms with van der Waals surface area (Å²) < 4.78 is 9.45. The number of hydrogen-bond donors (Lipinski definition) is 1. The number of aromatic nitrogens is 4. The van der Waals surface area contributed by atoms with Crippen LogP contribution in [-0.4, -0.2) is 32.6 Å². The summed E-state index contributed by atoms with van der Waals surface area (Å²) in [6.07, 6.45) is 3.20. The summed E-state index contributed by atoms with van der Waals surface area (Å²) in [5.41, 5.74) is 2.54. The van der Waals surface area contributed by atoms with Crippen molar-refractivity contribution >= 4 is 27.5 Å². The van der Waals surface area contributed by atoms with E-state index in [4.69, 9.17) is 4.74 Å². The number of halogens is 1. The van der Waals surface area contributed by atoms with Gasteiger partial charge >= 0.3 is 0 Å². The molecular formula is C16H16BrN5O2. The standard InChI is InChI=1S/C16H16BrN5O2/c1-10-14(16(24-3)21(2)20-10)19-15(23)11-8-18-22(9-11)13-6-4-5-12(17)7-13/h4-9H,1-3H3,(H,19,23). The highest BCUT2D eigenvalue weighted by atomic mass is 79.9. The quantitative estimate of drug-likeness (QED) is 0.744. The van der Waals surface area contributed by atoms with Gasteiger partial charge in [-0.2, -0.15) is 10.2 Å². The number of amides is 1. The van der Waals surface area contributed by atoms with Crippen LogP contribution in [0.15, 0.2) is 41.1 Å². The van der Waals surface area contributed by atoms with E-state index in [-0.39, 0.29) is 5.91 Å². The summed E-state index contributed by atoms with van der Waals surface area (Å²) in [6, 6.07) is 7.67. The van der Waals surface area contributed by atoms with Gasteiger partial charge in [0.25, 0.3) is 5.91 Å². The predicted octanol–water partition coefficient (Wildman–Crippen LogP) is 2.94. The molecule has 124 valence electrons. The minimum absolute atomic E-state index is 0.273. The average molecular weight is 390 g/mol. The van der Waals surface area contributed by atoms with Crippen molar-refractivity contribution < 1.29 is 9.53 Å². The van der Waals surface area contributed by atoms with E-state index in [9.17, 15) is 4.79 Å². The SMILES string of the molecule is COc1c(NC(=O)c2cnn(-c3cccc(Br)c3)c2)c(C)nn1C. The topological polar surface area (TPSA) is 74.0 Å². The molecule has 0 saturated carbocycles. The van der Waals surface area contributed by atoms with Gasteiger partial charge in [-0.3, -0.25) is 4.79 Å². The van der Waals surface area contributed by atoms with Gasteiger partial charge in [0.15, 0.2) is 0 Å². The molecule has 3 aromatic rings. The smallest absolute Gasteiger partial charge is 0.259 e. The number of methoxy groups -OCH3 is 1. The van der Waals surface area contributed by atoms with Crippen molar-refractivity contribution in [1.29, 1.82) is 0 Å². The lowest BCUT2D eigenvalue weighted by Gasteiger charge is -2.06. The van der Waals surface area contributed by atoms with Crippen LogP contribution in [0, 0.1) is 6.92 Å². The van der Waals surface area contributed by atoms with Gasteiger partial charge in [-0.1, -0.05) is 22.0 Å². The maximum atomic E-state index is 12.5. The third kappa shape index (κ3) is 3.05. The fourth-order valence-corrected chi connectivity index (χ4v) is 2.79. The van der Waals surface area contributed by atoms with E-state index in [0.29, 0.717) is 22.8 Å². The predicted molar refractivity (Wildman–Crippen MR) is 93.7 cm³/mol. The fraction of sp³-hybridized carbons (Fsp3) is 0.188. The van der Waals surface area contributed by atoms with E-state index in [0.717, 1.165) is 10.2 Å². The zero-order valence-corrected chi connectivity index (χ0v) is 15.0. The van der Waals surface area contributed by atoms with Crippen LogP contribution in [0.25, 0.3) is 5.69 Å². The van der Waals surface area contributed by atoms with Crippen molar-refractivity contribution in [3.05, 3.63) is 52.4 Å². The Morgan fingerprint density at radius 3 is 2.88 bits per heavy atom. The molecule has 3 rings (SSSR count). The third-order valence-corrected chi connectivity index (χ3v) is 4.01. The first-order valence-electron chi connectivity index (χ1n) is 7.19. The Bertz CT molecular complexity index is 900. The molecule has 0 bridgehead atoms. The molecule has 0 aliphatic heterocycles. The van der Waals surface area contributed by atoms with Gasteiger partial charge in [-0.05, 0) is 25.1 Å². The molecule has 1 N–H and O–H groups in total. The summed E-state index contributed by atoms with van der Waals surface area (Å²) in [5.74, 6) is 0.228. The van der Waals surface area contributed by atoms with Crippen molar-refractivity contribution in [2.24, 2.45) is 7.05 Å². The summed E-state index contributed by atoms with van der Waals surface area (Å²) in [4.78, 5) is 12.5. The second-order valence-corrected chi connectivity index (χ2v) is 6.12. The summed E-state index contributed by atoms with van der Waals surface area (Å²) in [5, 5.41) is 11.3. The minimum Gasteiger partial charge on any atom is -0.480 e. The molecule has 0 radical (unpaired) electrons. The molecule has 0 spiro atoms.